The molecule has 1 unspecified atom stereocenters. The van der Waals surface area contributed by atoms with Crippen molar-refractivity contribution in [1.82, 2.24) is 9.38 Å². The van der Waals surface area contributed by atoms with Crippen LogP contribution in [0.4, 0.5) is 10.5 Å². The average Bonchev–Trinajstić information content (AvgIpc) is 3.18. The van der Waals surface area contributed by atoms with Gasteiger partial charge in [0.05, 0.1) is 24.0 Å². The highest BCUT2D eigenvalue weighted by molar-refractivity contribution is 6.30. The van der Waals surface area contributed by atoms with Gasteiger partial charge in [-0.05, 0) is 31.5 Å². The van der Waals surface area contributed by atoms with Crippen LogP contribution in [0.3, 0.4) is 0 Å². The number of nitrogens with two attached hydrogens (primary N) is 1. The Balaban J connectivity index is 1.89. The van der Waals surface area contributed by atoms with E-state index in [0.717, 1.165) is 33.7 Å². The number of amides is 1. The second kappa shape index (κ2) is 6.30. The van der Waals surface area contributed by atoms with Crippen LogP contribution >= 0.6 is 11.6 Å². The van der Waals surface area contributed by atoms with Crippen LogP contribution in [0.1, 0.15) is 28.4 Å². The molecule has 1 atom stereocenters. The van der Waals surface area contributed by atoms with E-state index in [9.17, 15) is 4.79 Å². The fourth-order valence-corrected chi connectivity index (χ4v) is 3.67. The van der Waals surface area contributed by atoms with Crippen molar-refractivity contribution in [1.29, 1.82) is 0 Å². The molecule has 0 spiro atoms. The van der Waals surface area contributed by atoms with Gasteiger partial charge in [-0.15, -0.1) is 0 Å². The molecule has 0 bridgehead atoms. The van der Waals surface area contributed by atoms with E-state index < -0.39 is 6.04 Å². The molecule has 1 aromatic carbocycles. The lowest BCUT2D eigenvalue weighted by Gasteiger charge is -2.24. The normalized spacial score (nSPS) is 15.5. The number of aryl methyl sites for hydroxylation is 2. The van der Waals surface area contributed by atoms with E-state index in [-0.39, 0.29) is 6.09 Å². The van der Waals surface area contributed by atoms with Crippen molar-refractivity contribution in [3.05, 3.63) is 64.1 Å². The Morgan fingerprint density at radius 2 is 2.08 bits per heavy atom. The average molecular weight is 371 g/mol. The summed E-state index contributed by atoms with van der Waals surface area (Å²) in [6.07, 6.45) is 1.52. The maximum absolute atomic E-state index is 12.1. The Morgan fingerprint density at radius 1 is 1.27 bits per heavy atom. The third kappa shape index (κ3) is 2.53. The van der Waals surface area contributed by atoms with E-state index in [1.807, 2.05) is 54.8 Å². The summed E-state index contributed by atoms with van der Waals surface area (Å²) in [5, 5.41) is 0.571. The molecule has 7 heteroatoms. The zero-order valence-corrected chi connectivity index (χ0v) is 15.3. The van der Waals surface area contributed by atoms with Gasteiger partial charge in [-0.2, -0.15) is 0 Å². The van der Waals surface area contributed by atoms with E-state index >= 15 is 0 Å². The Labute approximate surface area is 156 Å². The summed E-state index contributed by atoms with van der Waals surface area (Å²) in [5.41, 5.74) is 11.7. The van der Waals surface area contributed by atoms with Crippen molar-refractivity contribution in [3.63, 3.8) is 0 Å². The number of hydrogen-bond donors (Lipinski definition) is 1. The molecular weight excluding hydrogens is 352 g/mol. The standard InChI is InChI=1S/C19H19ClN4O2/c1-11-5-3-7-14(23-9-10-26-19(23)25)15(11)16(21)13-6-4-8-24-17(20)12(2)22-18(13)24/h3-8,16H,9-10,21H2,1-2H3. The molecule has 3 aromatic rings. The number of nitrogens with zero attached hydrogens (tertiary/aromatic N) is 3. The number of fused-ring (bicyclic) bond motifs is 1. The molecule has 1 aliphatic heterocycles. The molecule has 1 aliphatic rings. The predicted octanol–water partition coefficient (Wildman–Crippen LogP) is 3.61. The first-order valence-electron chi connectivity index (χ1n) is 8.41. The molecule has 2 aromatic heterocycles. The minimum atomic E-state index is -0.457. The van der Waals surface area contributed by atoms with E-state index in [1.165, 1.54) is 0 Å². The zero-order chi connectivity index (χ0) is 18.4. The van der Waals surface area contributed by atoms with Gasteiger partial charge < -0.3 is 10.5 Å². The molecule has 3 heterocycles. The first-order chi connectivity index (χ1) is 12.5. The van der Waals surface area contributed by atoms with Crippen molar-refractivity contribution in [2.75, 3.05) is 18.1 Å². The van der Waals surface area contributed by atoms with Crippen LogP contribution in [-0.4, -0.2) is 28.6 Å². The molecule has 2 N–H and O–H groups in total. The largest absolute Gasteiger partial charge is 0.447 e. The Morgan fingerprint density at radius 3 is 2.81 bits per heavy atom. The lowest BCUT2D eigenvalue weighted by atomic mass is 9.94. The van der Waals surface area contributed by atoms with E-state index in [2.05, 4.69) is 4.98 Å². The molecule has 26 heavy (non-hydrogen) atoms. The van der Waals surface area contributed by atoms with Gasteiger partial charge in [0.25, 0.3) is 0 Å². The van der Waals surface area contributed by atoms with Gasteiger partial charge in [-0.25, -0.2) is 9.78 Å². The van der Waals surface area contributed by atoms with Gasteiger partial charge in [0.2, 0.25) is 0 Å². The number of halogens is 1. The Bertz CT molecular complexity index is 1010. The Hall–Kier alpha value is -2.57. The lowest BCUT2D eigenvalue weighted by Crippen LogP contribution is -2.27. The lowest BCUT2D eigenvalue weighted by molar-refractivity contribution is 0.181. The van der Waals surface area contributed by atoms with E-state index in [0.29, 0.717) is 18.3 Å². The monoisotopic (exact) mass is 370 g/mol. The first kappa shape index (κ1) is 16.9. The second-order valence-electron chi connectivity index (χ2n) is 6.40. The van der Waals surface area contributed by atoms with Crippen LogP contribution in [0, 0.1) is 13.8 Å². The smallest absolute Gasteiger partial charge is 0.414 e. The molecule has 134 valence electrons. The molecule has 1 saturated heterocycles. The summed E-state index contributed by atoms with van der Waals surface area (Å²) in [6.45, 7) is 4.75. The predicted molar refractivity (Wildman–Crippen MR) is 101 cm³/mol. The molecule has 6 nitrogen and oxygen atoms in total. The third-order valence-corrected chi connectivity index (χ3v) is 5.24. The van der Waals surface area contributed by atoms with Crippen molar-refractivity contribution in [3.8, 4) is 0 Å². The topological polar surface area (TPSA) is 72.9 Å². The molecule has 4 rings (SSSR count). The highest BCUT2D eigenvalue weighted by atomic mass is 35.5. The van der Waals surface area contributed by atoms with Gasteiger partial charge in [0.1, 0.15) is 17.4 Å². The fraction of sp³-hybridized carbons (Fsp3) is 0.263. The number of carbonyl (C=O) groups excluding carboxylic acids is 1. The van der Waals surface area contributed by atoms with Gasteiger partial charge in [0.15, 0.2) is 0 Å². The first-order valence-corrected chi connectivity index (χ1v) is 8.79. The molecular formula is C19H19ClN4O2. The zero-order valence-electron chi connectivity index (χ0n) is 14.6. The van der Waals surface area contributed by atoms with Gasteiger partial charge >= 0.3 is 6.09 Å². The number of benzene rings is 1. The fourth-order valence-electron chi connectivity index (χ4n) is 3.49. The number of hydrogen-bond acceptors (Lipinski definition) is 4. The van der Waals surface area contributed by atoms with Crippen molar-refractivity contribution >= 4 is 29.0 Å². The van der Waals surface area contributed by atoms with Crippen LogP contribution in [0.25, 0.3) is 5.65 Å². The van der Waals surface area contributed by atoms with Crippen LogP contribution in [0.15, 0.2) is 36.5 Å². The summed E-state index contributed by atoms with van der Waals surface area (Å²) < 4.78 is 6.93. The number of anilines is 1. The van der Waals surface area contributed by atoms with Crippen molar-refractivity contribution in [2.45, 2.75) is 19.9 Å². The summed E-state index contributed by atoms with van der Waals surface area (Å²) in [7, 11) is 0. The molecule has 1 fully saturated rings. The minimum absolute atomic E-state index is 0.345. The number of imidazole rings is 1. The highest BCUT2D eigenvalue weighted by Gasteiger charge is 2.29. The number of pyridine rings is 1. The summed E-state index contributed by atoms with van der Waals surface area (Å²) in [5.74, 6) is 0. The van der Waals surface area contributed by atoms with E-state index in [1.54, 1.807) is 4.90 Å². The quantitative estimate of drug-likeness (QED) is 0.764. The maximum Gasteiger partial charge on any atom is 0.414 e. The van der Waals surface area contributed by atoms with Gasteiger partial charge in [-0.3, -0.25) is 9.30 Å². The van der Waals surface area contributed by atoms with Crippen LogP contribution in [0.5, 0.6) is 0 Å². The number of cyclic esters (lactones) is 1. The number of rotatable bonds is 3. The van der Waals surface area contributed by atoms with Crippen LogP contribution < -0.4 is 10.6 Å². The third-order valence-electron chi connectivity index (χ3n) is 4.78. The van der Waals surface area contributed by atoms with Crippen LogP contribution in [0.2, 0.25) is 5.15 Å². The molecule has 0 saturated carbocycles. The number of aromatic nitrogens is 2. The maximum atomic E-state index is 12.1. The summed E-state index contributed by atoms with van der Waals surface area (Å²) in [6, 6.07) is 9.20. The summed E-state index contributed by atoms with van der Waals surface area (Å²) >= 11 is 6.34. The van der Waals surface area contributed by atoms with Gasteiger partial charge in [-0.1, -0.05) is 29.8 Å². The molecule has 0 aliphatic carbocycles. The Kier molecular flexibility index (Phi) is 4.09. The molecule has 0 radical (unpaired) electrons. The second-order valence-corrected chi connectivity index (χ2v) is 6.75. The molecule has 1 amide bonds. The van der Waals surface area contributed by atoms with Crippen LogP contribution in [-0.2, 0) is 4.74 Å². The highest BCUT2D eigenvalue weighted by Crippen LogP contribution is 2.35. The van der Waals surface area contributed by atoms with Crippen molar-refractivity contribution in [2.24, 2.45) is 5.73 Å². The van der Waals surface area contributed by atoms with E-state index in [4.69, 9.17) is 22.1 Å². The summed E-state index contributed by atoms with van der Waals surface area (Å²) in [4.78, 5) is 18.3. The van der Waals surface area contributed by atoms with Gasteiger partial charge in [0, 0.05) is 17.3 Å². The minimum Gasteiger partial charge on any atom is -0.447 e. The SMILES string of the molecule is Cc1cccc(N2CCOC2=O)c1C(N)c1cccn2c(Cl)c(C)nc12. The van der Waals surface area contributed by atoms with Crippen molar-refractivity contribution < 1.29 is 9.53 Å². The number of carbonyl (C=O) groups is 1. The number of ether oxygens (including phenoxy) is 1.